The Morgan fingerprint density at radius 3 is 2.73 bits per heavy atom. The third-order valence-corrected chi connectivity index (χ3v) is 2.60. The van der Waals surface area contributed by atoms with E-state index in [1.165, 1.54) is 17.5 Å². The zero-order valence-corrected chi connectivity index (χ0v) is 8.85. The van der Waals surface area contributed by atoms with Crippen LogP contribution in [0.4, 0.5) is 5.82 Å². The summed E-state index contributed by atoms with van der Waals surface area (Å²) in [6.45, 7) is 1.82. The molecular formula is C7H7N5O2S. The second-order valence-electron chi connectivity index (χ2n) is 2.92. The molecule has 0 radical (unpaired) electrons. The van der Waals surface area contributed by atoms with Crippen LogP contribution in [0.5, 0.6) is 0 Å². The Kier molecular flexibility index (Phi) is 2.19. The molecule has 0 aliphatic heterocycles. The monoisotopic (exact) mass is 225 g/mol. The molecule has 0 N–H and O–H groups in total. The Balaban J connectivity index is 2.49. The van der Waals surface area contributed by atoms with Gasteiger partial charge in [0.2, 0.25) is 5.01 Å². The van der Waals surface area contributed by atoms with Gasteiger partial charge in [0.25, 0.3) is 5.82 Å². The van der Waals surface area contributed by atoms with Crippen molar-refractivity contribution >= 4 is 17.2 Å². The molecule has 15 heavy (non-hydrogen) atoms. The summed E-state index contributed by atoms with van der Waals surface area (Å²) in [5.74, 6) is 0.285. The summed E-state index contributed by atoms with van der Waals surface area (Å²) in [6.07, 6.45) is 1.35. The van der Waals surface area contributed by atoms with Crippen LogP contribution in [0.1, 0.15) is 5.01 Å². The van der Waals surface area contributed by atoms with Crippen LogP contribution in [0.15, 0.2) is 6.20 Å². The fraction of sp³-hybridized carbons (Fsp3) is 0.286. The number of nitrogens with zero attached hydrogens (tertiary/aromatic N) is 5. The molecule has 7 nitrogen and oxygen atoms in total. The Morgan fingerprint density at radius 1 is 1.53 bits per heavy atom. The van der Waals surface area contributed by atoms with Gasteiger partial charge in [0, 0.05) is 7.05 Å². The first-order chi connectivity index (χ1) is 7.08. The molecule has 0 saturated heterocycles. The highest BCUT2D eigenvalue weighted by Crippen LogP contribution is 2.23. The number of rotatable bonds is 2. The number of hydrogen-bond acceptors (Lipinski definition) is 6. The molecule has 0 fully saturated rings. The van der Waals surface area contributed by atoms with Crippen LogP contribution in [-0.2, 0) is 7.05 Å². The zero-order chi connectivity index (χ0) is 11.0. The fourth-order valence-corrected chi connectivity index (χ4v) is 1.85. The molecule has 0 spiro atoms. The molecule has 78 valence electrons. The highest BCUT2D eigenvalue weighted by Gasteiger charge is 2.20. The average Bonchev–Trinajstić information content (AvgIpc) is 2.71. The van der Waals surface area contributed by atoms with Crippen molar-refractivity contribution in [3.05, 3.63) is 21.3 Å². The summed E-state index contributed by atoms with van der Waals surface area (Å²) in [6, 6.07) is 0. The fourth-order valence-electron chi connectivity index (χ4n) is 1.12. The lowest BCUT2D eigenvalue weighted by molar-refractivity contribution is -0.389. The summed E-state index contributed by atoms with van der Waals surface area (Å²) in [4.78, 5) is 13.8. The predicted octanol–water partition coefficient (Wildman–Crippen LogP) is 1.16. The van der Waals surface area contributed by atoms with Crippen LogP contribution in [0.3, 0.4) is 0 Å². The SMILES string of the molecule is Cc1nnc(-c2nc([N+](=O)[O-])cn2C)s1. The van der Waals surface area contributed by atoms with Gasteiger partial charge in [-0.05, 0) is 16.8 Å². The molecule has 0 saturated carbocycles. The number of nitro groups is 1. The van der Waals surface area contributed by atoms with Gasteiger partial charge < -0.3 is 14.7 Å². The van der Waals surface area contributed by atoms with Crippen molar-refractivity contribution in [3.63, 3.8) is 0 Å². The van der Waals surface area contributed by atoms with E-state index in [2.05, 4.69) is 15.2 Å². The smallest absolute Gasteiger partial charge is 0.358 e. The molecule has 0 aliphatic rings. The maximum atomic E-state index is 10.5. The minimum atomic E-state index is -0.530. The van der Waals surface area contributed by atoms with Crippen molar-refractivity contribution in [1.29, 1.82) is 0 Å². The topological polar surface area (TPSA) is 86.7 Å². The summed E-state index contributed by atoms with van der Waals surface area (Å²) < 4.78 is 1.57. The van der Waals surface area contributed by atoms with Gasteiger partial charge in [-0.25, -0.2) is 0 Å². The van der Waals surface area contributed by atoms with E-state index in [0.29, 0.717) is 10.8 Å². The van der Waals surface area contributed by atoms with Crippen molar-refractivity contribution in [1.82, 2.24) is 19.7 Å². The molecule has 2 heterocycles. The summed E-state index contributed by atoms with van der Waals surface area (Å²) in [7, 11) is 1.69. The van der Waals surface area contributed by atoms with Crippen LogP contribution in [0.2, 0.25) is 0 Å². The quantitative estimate of drug-likeness (QED) is 0.565. The van der Waals surface area contributed by atoms with Gasteiger partial charge in [-0.1, -0.05) is 11.3 Å². The van der Waals surface area contributed by atoms with Crippen LogP contribution in [-0.4, -0.2) is 24.7 Å². The molecule has 0 atom stereocenters. The van der Waals surface area contributed by atoms with Crippen LogP contribution in [0.25, 0.3) is 10.8 Å². The molecule has 8 heteroatoms. The first kappa shape index (κ1) is 9.71. The van der Waals surface area contributed by atoms with Crippen molar-refractivity contribution in [2.45, 2.75) is 6.92 Å². The van der Waals surface area contributed by atoms with E-state index < -0.39 is 4.92 Å². The predicted molar refractivity (Wildman–Crippen MR) is 53.5 cm³/mol. The van der Waals surface area contributed by atoms with Gasteiger partial charge in [-0.3, -0.25) is 0 Å². The van der Waals surface area contributed by atoms with Crippen LogP contribution >= 0.6 is 11.3 Å². The van der Waals surface area contributed by atoms with E-state index in [0.717, 1.165) is 5.01 Å². The van der Waals surface area contributed by atoms with Crippen LogP contribution in [0, 0.1) is 17.0 Å². The van der Waals surface area contributed by atoms with Gasteiger partial charge >= 0.3 is 5.82 Å². The molecule has 0 amide bonds. The zero-order valence-electron chi connectivity index (χ0n) is 8.04. The van der Waals surface area contributed by atoms with E-state index in [9.17, 15) is 10.1 Å². The normalized spacial score (nSPS) is 10.5. The summed E-state index contributed by atoms with van der Waals surface area (Å²) >= 11 is 1.35. The Bertz CT molecular complexity index is 517. The minimum absolute atomic E-state index is 0.180. The van der Waals surface area contributed by atoms with Gasteiger partial charge in [0.15, 0.2) is 0 Å². The second kappa shape index (κ2) is 3.39. The van der Waals surface area contributed by atoms with E-state index in [1.807, 2.05) is 6.92 Å². The Labute approximate surface area is 88.6 Å². The first-order valence-electron chi connectivity index (χ1n) is 4.06. The summed E-state index contributed by atoms with van der Waals surface area (Å²) in [5, 5.41) is 19.6. The molecule has 0 unspecified atom stereocenters. The molecule has 2 rings (SSSR count). The van der Waals surface area contributed by atoms with E-state index >= 15 is 0 Å². The lowest BCUT2D eigenvalue weighted by Crippen LogP contribution is -1.90. The lowest BCUT2D eigenvalue weighted by Gasteiger charge is -1.87. The number of aromatic nitrogens is 4. The van der Waals surface area contributed by atoms with Crippen molar-refractivity contribution in [3.8, 4) is 10.8 Å². The molecule has 0 aromatic carbocycles. The van der Waals surface area contributed by atoms with Crippen molar-refractivity contribution in [2.24, 2.45) is 7.05 Å². The lowest BCUT2D eigenvalue weighted by atomic mass is 10.6. The minimum Gasteiger partial charge on any atom is -0.358 e. The highest BCUT2D eigenvalue weighted by molar-refractivity contribution is 7.14. The number of aryl methyl sites for hydroxylation is 2. The van der Waals surface area contributed by atoms with Crippen molar-refractivity contribution < 1.29 is 4.92 Å². The number of imidazole rings is 1. The molecule has 2 aromatic heterocycles. The van der Waals surface area contributed by atoms with Gasteiger partial charge in [-0.15, -0.1) is 10.2 Å². The molecule has 0 bridgehead atoms. The van der Waals surface area contributed by atoms with Crippen LogP contribution < -0.4 is 0 Å². The third-order valence-electron chi connectivity index (χ3n) is 1.77. The highest BCUT2D eigenvalue weighted by atomic mass is 32.1. The van der Waals surface area contributed by atoms with E-state index in [1.54, 1.807) is 11.6 Å². The molecule has 2 aromatic rings. The standard InChI is InChI=1S/C7H7N5O2S/c1-4-9-10-7(15-4)6-8-5(12(13)14)3-11(6)2/h3H,1-2H3. The van der Waals surface area contributed by atoms with Gasteiger partial charge in [-0.2, -0.15) is 0 Å². The van der Waals surface area contributed by atoms with Gasteiger partial charge in [0.05, 0.1) is 0 Å². The Hall–Kier alpha value is -1.83. The second-order valence-corrected chi connectivity index (χ2v) is 4.10. The average molecular weight is 225 g/mol. The first-order valence-corrected chi connectivity index (χ1v) is 4.88. The van der Waals surface area contributed by atoms with E-state index in [4.69, 9.17) is 0 Å². The maximum absolute atomic E-state index is 10.5. The molecular weight excluding hydrogens is 218 g/mol. The van der Waals surface area contributed by atoms with Crippen molar-refractivity contribution in [2.75, 3.05) is 0 Å². The molecule has 0 aliphatic carbocycles. The Morgan fingerprint density at radius 2 is 2.27 bits per heavy atom. The van der Waals surface area contributed by atoms with E-state index in [-0.39, 0.29) is 5.82 Å². The third kappa shape index (κ3) is 1.71. The summed E-state index contributed by atoms with van der Waals surface area (Å²) in [5.41, 5.74) is 0. The largest absolute Gasteiger partial charge is 0.382 e. The number of hydrogen-bond donors (Lipinski definition) is 0. The maximum Gasteiger partial charge on any atom is 0.382 e. The van der Waals surface area contributed by atoms with Gasteiger partial charge in [0.1, 0.15) is 11.2 Å².